The Morgan fingerprint density at radius 2 is 1.84 bits per heavy atom. The summed E-state index contributed by atoms with van der Waals surface area (Å²) in [5.41, 5.74) is 2.39. The predicted molar refractivity (Wildman–Crippen MR) is 116 cm³/mol. The minimum atomic E-state index is -0.335. The molecule has 2 aromatic carbocycles. The zero-order chi connectivity index (χ0) is 22.7. The van der Waals surface area contributed by atoms with Crippen molar-refractivity contribution < 1.29 is 23.5 Å². The Kier molecular flexibility index (Phi) is 6.39. The molecule has 0 spiro atoms. The summed E-state index contributed by atoms with van der Waals surface area (Å²) >= 11 is 0. The van der Waals surface area contributed by atoms with Crippen LogP contribution in [-0.2, 0) is 17.8 Å². The van der Waals surface area contributed by atoms with Crippen LogP contribution in [0.5, 0.6) is 0 Å². The third kappa shape index (κ3) is 4.44. The highest BCUT2D eigenvalue weighted by molar-refractivity contribution is 6.09. The molecule has 0 radical (unpaired) electrons. The standard InChI is InChI=1S/C24H26FN3O4/c1-2-32-24(31)27-12-10-19(11-13-27)28-15-17-4-3-5-20(21(17)23(28)30)22(29)26-14-16-6-8-18(25)9-7-16/h3-9,19H,2,10-15H2,1H3,(H,26,29). The van der Waals surface area contributed by atoms with E-state index in [1.165, 1.54) is 12.1 Å². The molecule has 2 aliphatic rings. The highest BCUT2D eigenvalue weighted by Crippen LogP contribution is 2.31. The van der Waals surface area contributed by atoms with Gasteiger partial charge >= 0.3 is 6.09 Å². The number of hydrogen-bond donors (Lipinski definition) is 1. The zero-order valence-corrected chi connectivity index (χ0v) is 18.0. The molecule has 2 aromatic rings. The molecule has 1 N–H and O–H groups in total. The van der Waals surface area contributed by atoms with Gasteiger partial charge in [-0.2, -0.15) is 0 Å². The number of fused-ring (bicyclic) bond motifs is 1. The van der Waals surface area contributed by atoms with E-state index >= 15 is 0 Å². The smallest absolute Gasteiger partial charge is 0.409 e. The van der Waals surface area contributed by atoms with Crippen molar-refractivity contribution >= 4 is 17.9 Å². The van der Waals surface area contributed by atoms with Crippen molar-refractivity contribution in [3.8, 4) is 0 Å². The van der Waals surface area contributed by atoms with Crippen molar-refractivity contribution in [2.75, 3.05) is 19.7 Å². The minimum absolute atomic E-state index is 0.00991. The predicted octanol–water partition coefficient (Wildman–Crippen LogP) is 3.33. The molecule has 0 unspecified atom stereocenters. The fourth-order valence-electron chi connectivity index (χ4n) is 4.32. The Bertz CT molecular complexity index is 1020. The number of nitrogens with one attached hydrogen (secondary N) is 1. The van der Waals surface area contributed by atoms with Crippen molar-refractivity contribution in [1.29, 1.82) is 0 Å². The Balaban J connectivity index is 1.42. The Morgan fingerprint density at radius 1 is 1.12 bits per heavy atom. The summed E-state index contributed by atoms with van der Waals surface area (Å²) in [7, 11) is 0. The fraction of sp³-hybridized carbons (Fsp3) is 0.375. The molecule has 168 valence electrons. The van der Waals surface area contributed by atoms with Crippen LogP contribution >= 0.6 is 0 Å². The Hall–Kier alpha value is -3.42. The lowest BCUT2D eigenvalue weighted by atomic mass is 10.0. The van der Waals surface area contributed by atoms with Gasteiger partial charge in [-0.15, -0.1) is 0 Å². The van der Waals surface area contributed by atoms with E-state index in [1.54, 1.807) is 36.1 Å². The number of halogens is 1. The molecule has 0 atom stereocenters. The molecule has 2 heterocycles. The van der Waals surface area contributed by atoms with E-state index in [-0.39, 0.29) is 36.3 Å². The average Bonchev–Trinajstić information content (AvgIpc) is 3.15. The van der Waals surface area contributed by atoms with Crippen LogP contribution in [0.15, 0.2) is 42.5 Å². The number of amides is 3. The van der Waals surface area contributed by atoms with E-state index in [2.05, 4.69) is 5.32 Å². The van der Waals surface area contributed by atoms with Crippen LogP contribution in [0.3, 0.4) is 0 Å². The second-order valence-corrected chi connectivity index (χ2v) is 8.00. The fourth-order valence-corrected chi connectivity index (χ4v) is 4.32. The summed E-state index contributed by atoms with van der Waals surface area (Å²) in [4.78, 5) is 41.5. The van der Waals surface area contributed by atoms with Crippen LogP contribution < -0.4 is 5.32 Å². The van der Waals surface area contributed by atoms with Crippen LogP contribution in [-0.4, -0.2) is 53.4 Å². The van der Waals surface area contributed by atoms with Crippen LogP contribution in [0.2, 0.25) is 0 Å². The molecule has 4 rings (SSSR count). The summed E-state index contributed by atoms with van der Waals surface area (Å²) in [6, 6.07) is 11.2. The van der Waals surface area contributed by atoms with Gasteiger partial charge in [-0.25, -0.2) is 9.18 Å². The van der Waals surface area contributed by atoms with Crippen molar-refractivity contribution in [2.45, 2.75) is 38.9 Å². The molecular formula is C24H26FN3O4. The van der Waals surface area contributed by atoms with Crippen molar-refractivity contribution in [1.82, 2.24) is 15.1 Å². The van der Waals surface area contributed by atoms with E-state index in [1.807, 2.05) is 11.0 Å². The molecule has 1 saturated heterocycles. The summed E-state index contributed by atoms with van der Waals surface area (Å²) in [5, 5.41) is 2.82. The van der Waals surface area contributed by atoms with Crippen molar-refractivity contribution in [3.05, 3.63) is 70.5 Å². The molecule has 8 heteroatoms. The molecule has 7 nitrogen and oxygen atoms in total. The number of nitrogens with zero attached hydrogens (tertiary/aromatic N) is 2. The molecule has 2 aliphatic heterocycles. The van der Waals surface area contributed by atoms with Crippen molar-refractivity contribution in [3.63, 3.8) is 0 Å². The van der Waals surface area contributed by atoms with Gasteiger partial charge in [-0.1, -0.05) is 24.3 Å². The average molecular weight is 439 g/mol. The summed E-state index contributed by atoms with van der Waals surface area (Å²) in [5.74, 6) is -0.819. The normalized spacial score (nSPS) is 16.1. The third-order valence-corrected chi connectivity index (χ3v) is 6.01. The lowest BCUT2D eigenvalue weighted by molar-refractivity contribution is 0.0556. The minimum Gasteiger partial charge on any atom is -0.450 e. The summed E-state index contributed by atoms with van der Waals surface area (Å²) in [6.07, 6.45) is 1.03. The topological polar surface area (TPSA) is 79.0 Å². The number of carbonyl (C=O) groups excluding carboxylic acids is 3. The monoisotopic (exact) mass is 439 g/mol. The first-order valence-electron chi connectivity index (χ1n) is 10.8. The van der Waals surface area contributed by atoms with E-state index in [0.717, 1.165) is 11.1 Å². The second-order valence-electron chi connectivity index (χ2n) is 8.00. The molecule has 0 saturated carbocycles. The Morgan fingerprint density at radius 3 is 2.53 bits per heavy atom. The van der Waals surface area contributed by atoms with E-state index < -0.39 is 0 Å². The van der Waals surface area contributed by atoms with Gasteiger partial charge in [-0.05, 0) is 49.1 Å². The largest absolute Gasteiger partial charge is 0.450 e. The molecular weight excluding hydrogens is 413 g/mol. The van der Waals surface area contributed by atoms with E-state index in [0.29, 0.717) is 50.2 Å². The number of hydrogen-bond acceptors (Lipinski definition) is 4. The summed E-state index contributed by atoms with van der Waals surface area (Å²) in [6.45, 7) is 3.89. The second kappa shape index (κ2) is 9.38. The van der Waals surface area contributed by atoms with Gasteiger partial charge in [0.2, 0.25) is 0 Å². The lowest BCUT2D eigenvalue weighted by Crippen LogP contribution is -2.47. The van der Waals surface area contributed by atoms with E-state index in [4.69, 9.17) is 4.74 Å². The van der Waals surface area contributed by atoms with Gasteiger partial charge in [0.05, 0.1) is 17.7 Å². The maximum absolute atomic E-state index is 13.2. The van der Waals surface area contributed by atoms with Gasteiger partial charge in [0.1, 0.15) is 5.82 Å². The molecule has 0 aromatic heterocycles. The van der Waals surface area contributed by atoms with Gasteiger partial charge in [0.15, 0.2) is 0 Å². The number of benzene rings is 2. The highest BCUT2D eigenvalue weighted by Gasteiger charge is 2.37. The van der Waals surface area contributed by atoms with Gasteiger partial charge in [0.25, 0.3) is 11.8 Å². The SMILES string of the molecule is CCOC(=O)N1CCC(N2Cc3cccc(C(=O)NCc4ccc(F)cc4)c3C2=O)CC1. The number of carbonyl (C=O) groups is 3. The van der Waals surface area contributed by atoms with Gasteiger partial charge in [0, 0.05) is 32.2 Å². The van der Waals surface area contributed by atoms with Gasteiger partial charge in [-0.3, -0.25) is 9.59 Å². The summed E-state index contributed by atoms with van der Waals surface area (Å²) < 4.78 is 18.1. The number of piperidine rings is 1. The number of likely N-dealkylation sites (tertiary alicyclic amines) is 1. The molecule has 0 aliphatic carbocycles. The maximum atomic E-state index is 13.2. The quantitative estimate of drug-likeness (QED) is 0.775. The molecule has 1 fully saturated rings. The first-order chi connectivity index (χ1) is 15.5. The van der Waals surface area contributed by atoms with Crippen LogP contribution in [0, 0.1) is 5.82 Å². The number of ether oxygens (including phenoxy) is 1. The first kappa shape index (κ1) is 21.8. The lowest BCUT2D eigenvalue weighted by Gasteiger charge is -2.36. The zero-order valence-electron chi connectivity index (χ0n) is 18.0. The molecule has 32 heavy (non-hydrogen) atoms. The Labute approximate surface area is 186 Å². The molecule has 3 amide bonds. The van der Waals surface area contributed by atoms with Crippen LogP contribution in [0.4, 0.5) is 9.18 Å². The van der Waals surface area contributed by atoms with E-state index in [9.17, 15) is 18.8 Å². The first-order valence-corrected chi connectivity index (χ1v) is 10.8. The van der Waals surface area contributed by atoms with Gasteiger partial charge < -0.3 is 19.9 Å². The highest BCUT2D eigenvalue weighted by atomic mass is 19.1. The number of rotatable bonds is 5. The third-order valence-electron chi connectivity index (χ3n) is 6.01. The maximum Gasteiger partial charge on any atom is 0.409 e. The van der Waals surface area contributed by atoms with Crippen molar-refractivity contribution in [2.24, 2.45) is 0 Å². The van der Waals surface area contributed by atoms with Crippen LogP contribution in [0.1, 0.15) is 51.6 Å². The molecule has 0 bridgehead atoms. The van der Waals surface area contributed by atoms with Crippen LogP contribution in [0.25, 0.3) is 0 Å².